The van der Waals surface area contributed by atoms with Crippen LogP contribution in [0.2, 0.25) is 5.02 Å². The Morgan fingerprint density at radius 2 is 2.10 bits per heavy atom. The molecule has 0 radical (unpaired) electrons. The van der Waals surface area contributed by atoms with Crippen LogP contribution in [-0.4, -0.2) is 12.0 Å². The summed E-state index contributed by atoms with van der Waals surface area (Å²) in [5, 5.41) is 4.05. The van der Waals surface area contributed by atoms with Gasteiger partial charge < -0.3 is 5.32 Å². The summed E-state index contributed by atoms with van der Waals surface area (Å²) < 4.78 is 0. The van der Waals surface area contributed by atoms with Gasteiger partial charge in [-0.3, -0.25) is 5.43 Å². The zero-order chi connectivity index (χ0) is 14.4. The van der Waals surface area contributed by atoms with Crippen molar-refractivity contribution in [2.24, 2.45) is 10.8 Å². The van der Waals surface area contributed by atoms with Gasteiger partial charge in [-0.1, -0.05) is 43.0 Å². The fourth-order valence-electron chi connectivity index (χ4n) is 2.57. The largest absolute Gasteiger partial charge is 0.349 e. The van der Waals surface area contributed by atoms with Crippen molar-refractivity contribution < 1.29 is 0 Å². The van der Waals surface area contributed by atoms with Crippen LogP contribution in [0.3, 0.4) is 0 Å². The normalized spacial score (nSPS) is 18.6. The highest BCUT2D eigenvalue weighted by Gasteiger charge is 2.14. The van der Waals surface area contributed by atoms with Crippen LogP contribution in [0.25, 0.3) is 0 Å². The molecule has 0 amide bonds. The van der Waals surface area contributed by atoms with Gasteiger partial charge in [-0.25, -0.2) is 10.8 Å². The Labute approximate surface area is 125 Å². The number of benzene rings is 1. The van der Waals surface area contributed by atoms with Crippen molar-refractivity contribution in [3.8, 4) is 0 Å². The van der Waals surface area contributed by atoms with Crippen LogP contribution in [0.15, 0.2) is 29.3 Å². The summed E-state index contributed by atoms with van der Waals surface area (Å²) in [6, 6.07) is 8.30. The van der Waals surface area contributed by atoms with E-state index in [4.69, 9.17) is 17.4 Å². The van der Waals surface area contributed by atoms with E-state index in [9.17, 15) is 0 Å². The SMILES string of the molecule is CC(NC(=NC1CCCCC1)NN)c1cccc(Cl)c1. The highest BCUT2D eigenvalue weighted by molar-refractivity contribution is 6.30. The van der Waals surface area contributed by atoms with Crippen molar-refractivity contribution in [3.63, 3.8) is 0 Å². The molecular weight excluding hydrogens is 272 g/mol. The highest BCUT2D eigenvalue weighted by Crippen LogP contribution is 2.21. The van der Waals surface area contributed by atoms with E-state index in [2.05, 4.69) is 22.7 Å². The molecule has 4 N–H and O–H groups in total. The maximum Gasteiger partial charge on any atom is 0.206 e. The lowest BCUT2D eigenvalue weighted by Gasteiger charge is -2.22. The van der Waals surface area contributed by atoms with Gasteiger partial charge in [0.05, 0.1) is 12.1 Å². The molecule has 1 aromatic carbocycles. The Morgan fingerprint density at radius 3 is 2.75 bits per heavy atom. The molecular formula is C15H23ClN4. The van der Waals surface area contributed by atoms with E-state index in [-0.39, 0.29) is 6.04 Å². The van der Waals surface area contributed by atoms with Gasteiger partial charge in [-0.15, -0.1) is 0 Å². The van der Waals surface area contributed by atoms with Crippen molar-refractivity contribution in [2.45, 2.75) is 51.1 Å². The molecule has 1 atom stereocenters. The van der Waals surface area contributed by atoms with E-state index in [1.807, 2.05) is 24.3 Å². The monoisotopic (exact) mass is 294 g/mol. The zero-order valence-corrected chi connectivity index (χ0v) is 12.7. The minimum absolute atomic E-state index is 0.104. The maximum absolute atomic E-state index is 6.02. The number of guanidine groups is 1. The van der Waals surface area contributed by atoms with E-state index < -0.39 is 0 Å². The second kappa shape index (κ2) is 7.50. The van der Waals surface area contributed by atoms with Gasteiger partial charge in [-0.05, 0) is 37.5 Å². The Morgan fingerprint density at radius 1 is 1.35 bits per heavy atom. The quantitative estimate of drug-likeness (QED) is 0.347. The molecule has 0 aromatic heterocycles. The minimum atomic E-state index is 0.104. The molecule has 5 heteroatoms. The number of hydrazine groups is 1. The van der Waals surface area contributed by atoms with Crippen LogP contribution in [0.4, 0.5) is 0 Å². The molecule has 4 nitrogen and oxygen atoms in total. The van der Waals surface area contributed by atoms with Crippen LogP contribution in [0.5, 0.6) is 0 Å². The smallest absolute Gasteiger partial charge is 0.206 e. The molecule has 110 valence electrons. The summed E-state index contributed by atoms with van der Waals surface area (Å²) in [6.07, 6.45) is 6.15. The molecule has 0 saturated heterocycles. The average Bonchev–Trinajstić information content (AvgIpc) is 2.47. The first-order valence-corrected chi connectivity index (χ1v) is 7.63. The molecule has 1 aliphatic carbocycles. The van der Waals surface area contributed by atoms with Crippen molar-refractivity contribution in [2.75, 3.05) is 0 Å². The topological polar surface area (TPSA) is 62.4 Å². The van der Waals surface area contributed by atoms with E-state index in [0.717, 1.165) is 23.4 Å². The fourth-order valence-corrected chi connectivity index (χ4v) is 2.77. The lowest BCUT2D eigenvalue weighted by atomic mass is 9.96. The molecule has 1 fully saturated rings. The molecule has 1 unspecified atom stereocenters. The second-order valence-electron chi connectivity index (χ2n) is 5.33. The van der Waals surface area contributed by atoms with E-state index >= 15 is 0 Å². The van der Waals surface area contributed by atoms with Gasteiger partial charge in [0, 0.05) is 5.02 Å². The molecule has 20 heavy (non-hydrogen) atoms. The molecule has 1 aromatic rings. The van der Waals surface area contributed by atoms with Crippen molar-refractivity contribution >= 4 is 17.6 Å². The average molecular weight is 295 g/mol. The first-order chi connectivity index (χ1) is 9.69. The highest BCUT2D eigenvalue weighted by atomic mass is 35.5. The van der Waals surface area contributed by atoms with Crippen LogP contribution < -0.4 is 16.6 Å². The molecule has 0 spiro atoms. The lowest BCUT2D eigenvalue weighted by molar-refractivity contribution is 0.440. The Bertz CT molecular complexity index is 455. The number of hydrogen-bond acceptors (Lipinski definition) is 2. The molecule has 0 heterocycles. The first-order valence-electron chi connectivity index (χ1n) is 7.25. The number of aliphatic imine (C=N–C) groups is 1. The maximum atomic E-state index is 6.02. The van der Waals surface area contributed by atoms with Crippen molar-refractivity contribution in [1.29, 1.82) is 0 Å². The number of nitrogens with two attached hydrogens (primary N) is 1. The summed E-state index contributed by atoms with van der Waals surface area (Å²) in [7, 11) is 0. The number of nitrogens with one attached hydrogen (secondary N) is 2. The fraction of sp³-hybridized carbons (Fsp3) is 0.533. The third-order valence-corrected chi connectivity index (χ3v) is 3.96. The number of halogens is 1. The molecule has 0 bridgehead atoms. The van der Waals surface area contributed by atoms with Gasteiger partial charge >= 0.3 is 0 Å². The van der Waals surface area contributed by atoms with Gasteiger partial charge in [0.2, 0.25) is 5.96 Å². The van der Waals surface area contributed by atoms with Crippen LogP contribution in [-0.2, 0) is 0 Å². The van der Waals surface area contributed by atoms with Crippen LogP contribution in [0, 0.1) is 0 Å². The summed E-state index contributed by atoms with van der Waals surface area (Å²) in [5.41, 5.74) is 3.79. The number of nitrogens with zero attached hydrogens (tertiary/aromatic N) is 1. The van der Waals surface area contributed by atoms with E-state index in [1.165, 1.54) is 19.3 Å². The third-order valence-electron chi connectivity index (χ3n) is 3.72. The molecule has 1 saturated carbocycles. The lowest BCUT2D eigenvalue weighted by Crippen LogP contribution is -2.43. The van der Waals surface area contributed by atoms with Crippen LogP contribution >= 0.6 is 11.6 Å². The van der Waals surface area contributed by atoms with E-state index in [0.29, 0.717) is 12.0 Å². The van der Waals surface area contributed by atoms with Crippen LogP contribution in [0.1, 0.15) is 50.6 Å². The second-order valence-corrected chi connectivity index (χ2v) is 5.77. The predicted octanol–water partition coefficient (Wildman–Crippen LogP) is 3.14. The van der Waals surface area contributed by atoms with E-state index in [1.54, 1.807) is 0 Å². The van der Waals surface area contributed by atoms with Gasteiger partial charge in [0.25, 0.3) is 0 Å². The molecule has 0 aliphatic heterocycles. The van der Waals surface area contributed by atoms with Crippen molar-refractivity contribution in [1.82, 2.24) is 10.7 Å². The van der Waals surface area contributed by atoms with Crippen molar-refractivity contribution in [3.05, 3.63) is 34.9 Å². The number of hydrogen-bond donors (Lipinski definition) is 3. The third kappa shape index (κ3) is 4.39. The Balaban J connectivity index is 1.99. The predicted molar refractivity (Wildman–Crippen MR) is 84.6 cm³/mol. The summed E-state index contributed by atoms with van der Waals surface area (Å²) in [6.45, 7) is 2.07. The summed E-state index contributed by atoms with van der Waals surface area (Å²) in [5.74, 6) is 6.23. The zero-order valence-electron chi connectivity index (χ0n) is 11.9. The standard InChI is InChI=1S/C15H23ClN4/c1-11(12-6-5-7-13(16)10-12)18-15(20-17)19-14-8-3-2-4-9-14/h5-7,10-11,14H,2-4,8-9,17H2,1H3,(H2,18,19,20). The van der Waals surface area contributed by atoms with Gasteiger partial charge in [0.1, 0.15) is 0 Å². The first kappa shape index (κ1) is 15.1. The number of rotatable bonds is 3. The summed E-state index contributed by atoms with van der Waals surface area (Å²) in [4.78, 5) is 4.68. The Kier molecular flexibility index (Phi) is 5.68. The van der Waals surface area contributed by atoms with Gasteiger partial charge in [-0.2, -0.15) is 0 Å². The molecule has 1 aliphatic rings. The molecule has 2 rings (SSSR count). The summed E-state index contributed by atoms with van der Waals surface area (Å²) >= 11 is 6.02. The Hall–Kier alpha value is -1.26. The minimum Gasteiger partial charge on any atom is -0.349 e. The van der Waals surface area contributed by atoms with Gasteiger partial charge in [0.15, 0.2) is 0 Å².